The Morgan fingerprint density at radius 3 is 2.35 bits per heavy atom. The van der Waals surface area contributed by atoms with Gasteiger partial charge in [0.05, 0.1) is 12.2 Å². The van der Waals surface area contributed by atoms with Gasteiger partial charge in [-0.15, -0.1) is 11.3 Å². The van der Waals surface area contributed by atoms with E-state index in [4.69, 9.17) is 17.0 Å². The molecule has 1 heterocycles. The van der Waals surface area contributed by atoms with Crippen LogP contribution in [0, 0.1) is 23.2 Å². The highest BCUT2D eigenvalue weighted by atomic mass is 32.1. The second-order valence-corrected chi connectivity index (χ2v) is 12.2. The van der Waals surface area contributed by atoms with E-state index in [1.807, 2.05) is 31.2 Å². The molecule has 1 aromatic carbocycles. The summed E-state index contributed by atoms with van der Waals surface area (Å²) in [5, 5.41) is 8.50. The van der Waals surface area contributed by atoms with Crippen LogP contribution >= 0.6 is 23.6 Å². The van der Waals surface area contributed by atoms with Crippen molar-refractivity contribution in [2.45, 2.75) is 71.3 Å². The predicted molar refractivity (Wildman–Crippen MR) is 144 cm³/mol. The Labute approximate surface area is 212 Å². The smallest absolute Gasteiger partial charge is 0.341 e. The molecule has 4 aliphatic carbocycles. The molecular formula is C28H36N2O2S2. The molecule has 6 rings (SSSR count). The zero-order valence-electron chi connectivity index (χ0n) is 20.3. The minimum absolute atomic E-state index is 0.295. The largest absolute Gasteiger partial charge is 0.462 e. The van der Waals surface area contributed by atoms with E-state index in [9.17, 15) is 4.79 Å². The Morgan fingerprint density at radius 1 is 1.12 bits per heavy atom. The maximum absolute atomic E-state index is 12.7. The number of rotatable bonds is 8. The van der Waals surface area contributed by atoms with Gasteiger partial charge in [0.25, 0.3) is 0 Å². The van der Waals surface area contributed by atoms with E-state index >= 15 is 0 Å². The molecule has 34 heavy (non-hydrogen) atoms. The second-order valence-electron chi connectivity index (χ2n) is 10.7. The zero-order valence-corrected chi connectivity index (χ0v) is 21.9. The molecule has 0 aliphatic heterocycles. The molecule has 6 heteroatoms. The summed E-state index contributed by atoms with van der Waals surface area (Å²) in [7, 11) is 0. The van der Waals surface area contributed by atoms with Gasteiger partial charge >= 0.3 is 5.97 Å². The quantitative estimate of drug-likeness (QED) is 0.311. The Hall–Kier alpha value is -1.92. The van der Waals surface area contributed by atoms with Gasteiger partial charge in [0.15, 0.2) is 5.11 Å². The van der Waals surface area contributed by atoms with Gasteiger partial charge in [-0.2, -0.15) is 0 Å². The van der Waals surface area contributed by atoms with Crippen LogP contribution in [0.4, 0.5) is 5.00 Å². The highest BCUT2D eigenvalue weighted by Gasteiger charge is 2.53. The van der Waals surface area contributed by atoms with Gasteiger partial charge in [0, 0.05) is 17.3 Å². The molecule has 0 amide bonds. The highest BCUT2D eigenvalue weighted by Crippen LogP contribution is 2.61. The van der Waals surface area contributed by atoms with E-state index in [2.05, 4.69) is 29.7 Å². The first-order valence-corrected chi connectivity index (χ1v) is 14.1. The molecule has 2 N–H and O–H groups in total. The highest BCUT2D eigenvalue weighted by molar-refractivity contribution is 7.80. The third-order valence-electron chi connectivity index (χ3n) is 8.27. The summed E-state index contributed by atoms with van der Waals surface area (Å²) in [6, 6.07) is 12.7. The molecule has 4 nitrogen and oxygen atoms in total. The fourth-order valence-electron chi connectivity index (χ4n) is 7.37. The molecule has 4 aliphatic rings. The predicted octanol–water partition coefficient (Wildman–Crippen LogP) is 6.80. The van der Waals surface area contributed by atoms with Crippen molar-refractivity contribution in [1.82, 2.24) is 5.32 Å². The fraction of sp³-hybridized carbons (Fsp3) is 0.571. The number of carbonyl (C=O) groups excluding carboxylic acids is 1. The number of thiocarbonyl (C=S) groups is 1. The van der Waals surface area contributed by atoms with Crippen molar-refractivity contribution in [2.75, 3.05) is 11.9 Å². The Morgan fingerprint density at radius 2 is 1.76 bits per heavy atom. The van der Waals surface area contributed by atoms with E-state index in [1.54, 1.807) is 11.3 Å². The molecule has 4 bridgehead atoms. The fourth-order valence-corrected chi connectivity index (χ4v) is 8.76. The van der Waals surface area contributed by atoms with Crippen LogP contribution in [0.2, 0.25) is 0 Å². The summed E-state index contributed by atoms with van der Waals surface area (Å²) < 4.78 is 5.34. The molecule has 2 aromatic rings. The Bertz CT molecular complexity index is 997. The van der Waals surface area contributed by atoms with Crippen LogP contribution in [0.3, 0.4) is 0 Å². The molecule has 1 aromatic heterocycles. The number of anilines is 1. The topological polar surface area (TPSA) is 50.4 Å². The van der Waals surface area contributed by atoms with Crippen LogP contribution in [0.15, 0.2) is 36.4 Å². The summed E-state index contributed by atoms with van der Waals surface area (Å²) >= 11 is 7.41. The summed E-state index contributed by atoms with van der Waals surface area (Å²) in [6.45, 7) is 4.48. The van der Waals surface area contributed by atoms with E-state index in [-0.39, 0.29) is 5.97 Å². The van der Waals surface area contributed by atoms with E-state index in [0.717, 1.165) is 40.5 Å². The second kappa shape index (κ2) is 9.98. The number of hydrogen-bond acceptors (Lipinski definition) is 4. The van der Waals surface area contributed by atoms with Crippen LogP contribution in [0.25, 0.3) is 0 Å². The van der Waals surface area contributed by atoms with Crippen LogP contribution in [0.1, 0.15) is 79.6 Å². The lowest BCUT2D eigenvalue weighted by Crippen LogP contribution is -2.57. The number of ether oxygens (including phenoxy) is 1. The van der Waals surface area contributed by atoms with Gasteiger partial charge in [0.1, 0.15) is 5.00 Å². The lowest BCUT2D eigenvalue weighted by atomic mass is 9.47. The molecule has 1 atom stereocenters. The maximum atomic E-state index is 12.7. The van der Waals surface area contributed by atoms with Crippen LogP contribution in [0.5, 0.6) is 0 Å². The van der Waals surface area contributed by atoms with Crippen molar-refractivity contribution >= 4 is 39.6 Å². The van der Waals surface area contributed by atoms with Gasteiger partial charge in [0.2, 0.25) is 0 Å². The lowest BCUT2D eigenvalue weighted by Gasteiger charge is -2.59. The average Bonchev–Trinajstić information content (AvgIpc) is 3.19. The third-order valence-corrected chi connectivity index (χ3v) is 9.54. The van der Waals surface area contributed by atoms with Gasteiger partial charge in [-0.25, -0.2) is 4.79 Å². The molecule has 0 saturated heterocycles. The van der Waals surface area contributed by atoms with Crippen molar-refractivity contribution in [3.63, 3.8) is 0 Å². The Balaban J connectivity index is 1.31. The minimum Gasteiger partial charge on any atom is -0.462 e. The minimum atomic E-state index is -0.295. The van der Waals surface area contributed by atoms with Crippen LogP contribution in [-0.4, -0.2) is 23.7 Å². The Kier molecular flexibility index (Phi) is 6.99. The summed E-state index contributed by atoms with van der Waals surface area (Å²) in [5.74, 6) is 2.45. The van der Waals surface area contributed by atoms with E-state index in [0.29, 0.717) is 28.7 Å². The monoisotopic (exact) mass is 496 g/mol. The number of esters is 1. The van der Waals surface area contributed by atoms with Crippen LogP contribution in [-0.2, 0) is 11.2 Å². The number of thiophene rings is 1. The van der Waals surface area contributed by atoms with Crippen molar-refractivity contribution in [1.29, 1.82) is 0 Å². The molecule has 182 valence electrons. The van der Waals surface area contributed by atoms with Crippen molar-refractivity contribution in [2.24, 2.45) is 23.2 Å². The standard InChI is InChI=1S/C28H36N2O2S2/c1-3-24(28-15-19-10-20(16-28)12-21(11-19)17-28)29-27(33)30-25-23(26(31)32-4-2)14-22(34-25)13-18-8-6-5-7-9-18/h5-9,14,19-21,24H,3-4,10-13,15-17H2,1-2H3,(H2,29,30,33). The molecule has 0 spiro atoms. The van der Waals surface area contributed by atoms with Gasteiger partial charge in [-0.3, -0.25) is 0 Å². The van der Waals surface area contributed by atoms with E-state index < -0.39 is 0 Å². The molecule has 4 saturated carbocycles. The van der Waals surface area contributed by atoms with Gasteiger partial charge < -0.3 is 15.4 Å². The van der Waals surface area contributed by atoms with Crippen molar-refractivity contribution in [3.8, 4) is 0 Å². The SMILES string of the molecule is CCOC(=O)c1cc(Cc2ccccc2)sc1NC(=S)NC(CC)C12CC3CC(CC(C3)C1)C2. The van der Waals surface area contributed by atoms with Gasteiger partial charge in [-0.05, 0) is 98.9 Å². The number of carbonyl (C=O) groups is 1. The summed E-state index contributed by atoms with van der Waals surface area (Å²) in [6.07, 6.45) is 10.2. The number of hydrogen-bond donors (Lipinski definition) is 2. The lowest BCUT2D eigenvalue weighted by molar-refractivity contribution is -0.0710. The normalized spacial score (nSPS) is 27.9. The summed E-state index contributed by atoms with van der Waals surface area (Å²) in [5.41, 5.74) is 2.18. The zero-order chi connectivity index (χ0) is 23.7. The number of nitrogens with one attached hydrogen (secondary N) is 2. The summed E-state index contributed by atoms with van der Waals surface area (Å²) in [4.78, 5) is 13.8. The first kappa shape index (κ1) is 23.8. The maximum Gasteiger partial charge on any atom is 0.341 e. The molecule has 4 fully saturated rings. The van der Waals surface area contributed by atoms with E-state index in [1.165, 1.54) is 44.1 Å². The van der Waals surface area contributed by atoms with Gasteiger partial charge in [-0.1, -0.05) is 37.3 Å². The average molecular weight is 497 g/mol. The number of benzene rings is 1. The molecule has 1 unspecified atom stereocenters. The first-order chi connectivity index (χ1) is 16.5. The van der Waals surface area contributed by atoms with Crippen molar-refractivity contribution in [3.05, 3.63) is 52.4 Å². The first-order valence-electron chi connectivity index (χ1n) is 12.9. The molecular weight excluding hydrogens is 460 g/mol. The van der Waals surface area contributed by atoms with Crippen molar-refractivity contribution < 1.29 is 9.53 Å². The van der Waals surface area contributed by atoms with Crippen LogP contribution < -0.4 is 10.6 Å². The molecule has 0 radical (unpaired) electrons. The third kappa shape index (κ3) is 4.90.